The summed E-state index contributed by atoms with van der Waals surface area (Å²) in [6.45, 7) is 3.47. The van der Waals surface area contributed by atoms with E-state index in [0.717, 1.165) is 5.56 Å². The molecule has 4 nitrogen and oxygen atoms in total. The van der Waals surface area contributed by atoms with Crippen molar-refractivity contribution in [2.45, 2.75) is 26.3 Å². The van der Waals surface area contributed by atoms with E-state index < -0.39 is 12.0 Å². The monoisotopic (exact) mass is 235 g/mol. The molecule has 0 aliphatic rings. The number of aliphatic carboxylic acids is 1. The Hall–Kier alpha value is -1.84. The van der Waals surface area contributed by atoms with Crippen LogP contribution >= 0.6 is 0 Å². The molecule has 1 aromatic rings. The van der Waals surface area contributed by atoms with Crippen LogP contribution in [-0.2, 0) is 16.0 Å². The first kappa shape index (κ1) is 13.2. The fraction of sp³-hybridized carbons (Fsp3) is 0.385. The van der Waals surface area contributed by atoms with E-state index in [1.807, 2.05) is 30.3 Å². The lowest BCUT2D eigenvalue weighted by atomic mass is 10.1. The summed E-state index contributed by atoms with van der Waals surface area (Å²) in [7, 11) is 0. The number of nitrogens with one attached hydrogen (secondary N) is 1. The van der Waals surface area contributed by atoms with Crippen LogP contribution in [-0.4, -0.2) is 23.0 Å². The minimum absolute atomic E-state index is 0.215. The van der Waals surface area contributed by atoms with Crippen molar-refractivity contribution < 1.29 is 14.7 Å². The summed E-state index contributed by atoms with van der Waals surface area (Å²) < 4.78 is 0. The van der Waals surface area contributed by atoms with Gasteiger partial charge in [0.25, 0.3) is 0 Å². The maximum atomic E-state index is 11.5. The fourth-order valence-corrected chi connectivity index (χ4v) is 1.39. The van der Waals surface area contributed by atoms with Crippen LogP contribution in [0.5, 0.6) is 0 Å². The number of carboxylic acids is 1. The first-order valence-corrected chi connectivity index (χ1v) is 5.58. The van der Waals surface area contributed by atoms with Crippen molar-refractivity contribution >= 4 is 11.9 Å². The molecule has 0 saturated carbocycles. The van der Waals surface area contributed by atoms with Gasteiger partial charge < -0.3 is 10.4 Å². The number of amides is 1. The smallest absolute Gasteiger partial charge is 0.326 e. The molecule has 0 fully saturated rings. The molecular weight excluding hydrogens is 218 g/mol. The van der Waals surface area contributed by atoms with Gasteiger partial charge in [0, 0.05) is 12.3 Å². The van der Waals surface area contributed by atoms with Gasteiger partial charge in [-0.3, -0.25) is 4.79 Å². The van der Waals surface area contributed by atoms with Crippen LogP contribution in [0.1, 0.15) is 19.4 Å². The minimum atomic E-state index is -1.01. The first-order chi connectivity index (χ1) is 8.00. The zero-order valence-corrected chi connectivity index (χ0v) is 10.0. The molecule has 0 unspecified atom stereocenters. The van der Waals surface area contributed by atoms with Crippen LogP contribution in [0.3, 0.4) is 0 Å². The van der Waals surface area contributed by atoms with Gasteiger partial charge in [-0.1, -0.05) is 44.2 Å². The summed E-state index contributed by atoms with van der Waals surface area (Å²) in [6.07, 6.45) is 0.300. The molecule has 0 spiro atoms. The highest BCUT2D eigenvalue weighted by Gasteiger charge is 2.21. The molecule has 1 aromatic carbocycles. The molecule has 17 heavy (non-hydrogen) atoms. The zero-order valence-electron chi connectivity index (χ0n) is 10.0. The average Bonchev–Trinajstić information content (AvgIpc) is 2.29. The highest BCUT2D eigenvalue weighted by Crippen LogP contribution is 2.04. The quantitative estimate of drug-likeness (QED) is 0.811. The molecule has 0 saturated heterocycles. The molecule has 0 heterocycles. The predicted molar refractivity (Wildman–Crippen MR) is 64.6 cm³/mol. The van der Waals surface area contributed by atoms with E-state index >= 15 is 0 Å². The molecule has 92 valence electrons. The Labute approximate surface area is 101 Å². The molecule has 4 heteroatoms. The number of carbonyl (C=O) groups excluding carboxylic acids is 1. The van der Waals surface area contributed by atoms with Gasteiger partial charge in [0.1, 0.15) is 6.04 Å². The van der Waals surface area contributed by atoms with E-state index in [2.05, 4.69) is 5.32 Å². The molecule has 1 amide bonds. The Kier molecular flexibility index (Phi) is 4.69. The third-order valence-corrected chi connectivity index (χ3v) is 2.42. The lowest BCUT2D eigenvalue weighted by Crippen LogP contribution is -2.44. The second-order valence-corrected chi connectivity index (χ2v) is 4.24. The van der Waals surface area contributed by atoms with Crippen LogP contribution in [0.2, 0.25) is 0 Å². The van der Waals surface area contributed by atoms with E-state index in [4.69, 9.17) is 5.11 Å². The topological polar surface area (TPSA) is 66.4 Å². The lowest BCUT2D eigenvalue weighted by Gasteiger charge is -2.16. The predicted octanol–water partition coefficient (Wildman–Crippen LogP) is 1.45. The van der Waals surface area contributed by atoms with Gasteiger partial charge in [-0.2, -0.15) is 0 Å². The van der Waals surface area contributed by atoms with Gasteiger partial charge >= 0.3 is 5.97 Å². The Morgan fingerprint density at radius 2 is 1.82 bits per heavy atom. The van der Waals surface area contributed by atoms with Crippen molar-refractivity contribution in [1.82, 2.24) is 5.32 Å². The van der Waals surface area contributed by atoms with Crippen LogP contribution in [0, 0.1) is 5.92 Å². The SMILES string of the molecule is CC(C)C(=O)N[C@H](Cc1ccccc1)C(=O)O. The lowest BCUT2D eigenvalue weighted by molar-refractivity contribution is -0.142. The van der Waals surface area contributed by atoms with E-state index in [0.29, 0.717) is 6.42 Å². The minimum Gasteiger partial charge on any atom is -0.480 e. The summed E-state index contributed by atoms with van der Waals surface area (Å²) in [5, 5.41) is 11.6. The number of hydrogen-bond donors (Lipinski definition) is 2. The van der Waals surface area contributed by atoms with Gasteiger partial charge in [-0.25, -0.2) is 4.79 Å². The molecule has 0 radical (unpaired) electrons. The van der Waals surface area contributed by atoms with Crippen LogP contribution in [0.15, 0.2) is 30.3 Å². The summed E-state index contributed by atoms with van der Waals surface area (Å²) in [5.74, 6) is -1.47. The summed E-state index contributed by atoms with van der Waals surface area (Å²) in [5.41, 5.74) is 0.893. The third-order valence-electron chi connectivity index (χ3n) is 2.42. The van der Waals surface area contributed by atoms with E-state index in [1.54, 1.807) is 13.8 Å². The summed E-state index contributed by atoms with van der Waals surface area (Å²) >= 11 is 0. The van der Waals surface area contributed by atoms with E-state index in [9.17, 15) is 9.59 Å². The highest BCUT2D eigenvalue weighted by molar-refractivity contribution is 5.84. The maximum Gasteiger partial charge on any atom is 0.326 e. The van der Waals surface area contributed by atoms with Crippen molar-refractivity contribution in [2.24, 2.45) is 5.92 Å². The third kappa shape index (κ3) is 4.26. The van der Waals surface area contributed by atoms with Crippen molar-refractivity contribution in [3.8, 4) is 0 Å². The standard InChI is InChI=1S/C13H17NO3/c1-9(2)12(15)14-11(13(16)17)8-10-6-4-3-5-7-10/h3-7,9,11H,8H2,1-2H3,(H,14,15)(H,16,17)/t11-/m1/s1. The maximum absolute atomic E-state index is 11.5. The van der Waals surface area contributed by atoms with Crippen molar-refractivity contribution in [3.63, 3.8) is 0 Å². The molecule has 1 rings (SSSR count). The second-order valence-electron chi connectivity index (χ2n) is 4.24. The molecule has 1 atom stereocenters. The number of benzene rings is 1. The van der Waals surface area contributed by atoms with Gasteiger partial charge in [0.15, 0.2) is 0 Å². The number of hydrogen-bond acceptors (Lipinski definition) is 2. The Balaban J connectivity index is 2.68. The Bertz CT molecular complexity index is 387. The van der Waals surface area contributed by atoms with Crippen LogP contribution in [0.25, 0.3) is 0 Å². The number of rotatable bonds is 5. The normalized spacial score (nSPS) is 12.2. The van der Waals surface area contributed by atoms with Gasteiger partial charge in [0.05, 0.1) is 0 Å². The average molecular weight is 235 g/mol. The van der Waals surface area contributed by atoms with Crippen molar-refractivity contribution in [1.29, 1.82) is 0 Å². The molecule has 0 aromatic heterocycles. The van der Waals surface area contributed by atoms with Crippen molar-refractivity contribution in [2.75, 3.05) is 0 Å². The van der Waals surface area contributed by atoms with Gasteiger partial charge in [-0.05, 0) is 5.56 Å². The molecular formula is C13H17NO3. The number of carbonyl (C=O) groups is 2. The van der Waals surface area contributed by atoms with Crippen LogP contribution in [0.4, 0.5) is 0 Å². The molecule has 2 N–H and O–H groups in total. The zero-order chi connectivity index (χ0) is 12.8. The largest absolute Gasteiger partial charge is 0.480 e. The second kappa shape index (κ2) is 6.03. The summed E-state index contributed by atoms with van der Waals surface area (Å²) in [6, 6.07) is 8.38. The first-order valence-electron chi connectivity index (χ1n) is 5.58. The van der Waals surface area contributed by atoms with E-state index in [-0.39, 0.29) is 11.8 Å². The van der Waals surface area contributed by atoms with E-state index in [1.165, 1.54) is 0 Å². The van der Waals surface area contributed by atoms with Gasteiger partial charge in [-0.15, -0.1) is 0 Å². The van der Waals surface area contributed by atoms with Gasteiger partial charge in [0.2, 0.25) is 5.91 Å². The summed E-state index contributed by atoms with van der Waals surface area (Å²) in [4.78, 5) is 22.5. The highest BCUT2D eigenvalue weighted by atomic mass is 16.4. The molecule has 0 aliphatic carbocycles. The van der Waals surface area contributed by atoms with Crippen LogP contribution < -0.4 is 5.32 Å². The van der Waals surface area contributed by atoms with Crippen molar-refractivity contribution in [3.05, 3.63) is 35.9 Å². The Morgan fingerprint density at radius 3 is 2.29 bits per heavy atom. The molecule has 0 aliphatic heterocycles. The number of carboxylic acid groups (broad SMARTS) is 1. The fourth-order valence-electron chi connectivity index (χ4n) is 1.39. The Morgan fingerprint density at radius 1 is 1.24 bits per heavy atom. The molecule has 0 bridgehead atoms.